The molecule has 0 spiro atoms. The molecule has 2 N–H and O–H groups in total. The molecule has 40 heavy (non-hydrogen) atoms. The van der Waals surface area contributed by atoms with Crippen LogP contribution in [-0.2, 0) is 23.9 Å². The van der Waals surface area contributed by atoms with Crippen molar-refractivity contribution in [2.75, 3.05) is 25.0 Å². The highest BCUT2D eigenvalue weighted by Gasteiger charge is 2.30. The molecule has 0 unspecified atom stereocenters. The number of nitrogens with one attached hydrogen (secondary N) is 2. The van der Waals surface area contributed by atoms with E-state index in [1.807, 2.05) is 37.4 Å². The van der Waals surface area contributed by atoms with Crippen LogP contribution in [-0.4, -0.2) is 46.4 Å². The van der Waals surface area contributed by atoms with Gasteiger partial charge in [0.1, 0.15) is 12.4 Å². The zero-order chi connectivity index (χ0) is 28.7. The van der Waals surface area contributed by atoms with E-state index in [1.54, 1.807) is 6.07 Å². The van der Waals surface area contributed by atoms with E-state index in [-0.39, 0.29) is 37.8 Å². The molecule has 10 heteroatoms. The molecule has 0 radical (unpaired) electrons. The van der Waals surface area contributed by atoms with Crippen molar-refractivity contribution >= 4 is 28.5 Å². The third-order valence-corrected chi connectivity index (χ3v) is 6.56. The molecule has 0 saturated heterocycles. The molecule has 0 saturated carbocycles. The molecule has 0 aliphatic rings. The molecule has 0 bridgehead atoms. The number of carbonyl (C=O) groups excluding carboxylic acids is 2. The maximum atomic E-state index is 14.1. The molecule has 1 heterocycles. The molecule has 0 aliphatic carbocycles. The summed E-state index contributed by atoms with van der Waals surface area (Å²) in [6.07, 6.45) is -1.54. The van der Waals surface area contributed by atoms with Gasteiger partial charge in [-0.1, -0.05) is 49.4 Å². The highest BCUT2D eigenvalue weighted by atomic mass is 19.4. The van der Waals surface area contributed by atoms with Gasteiger partial charge in [0.15, 0.2) is 0 Å². The molecule has 0 fully saturated rings. The number of benzene rings is 3. The first kappa shape index (κ1) is 28.7. The van der Waals surface area contributed by atoms with Gasteiger partial charge in [0.2, 0.25) is 5.91 Å². The van der Waals surface area contributed by atoms with Crippen molar-refractivity contribution in [3.8, 4) is 0 Å². The minimum absolute atomic E-state index is 0.00185. The molecule has 1 aromatic heterocycles. The molecule has 0 atom stereocenters. The topological polar surface area (TPSA) is 68.4 Å². The van der Waals surface area contributed by atoms with Crippen molar-refractivity contribution in [1.82, 2.24) is 14.8 Å². The van der Waals surface area contributed by atoms with E-state index in [2.05, 4.69) is 10.3 Å². The SMILES string of the molecule is CCCN(CC(=O)N(CCc1c[nH]c2ccccc12)Cc1ccc(C(F)(F)F)cc1)C(=O)Nc1ccccc1F. The molecule has 6 nitrogen and oxygen atoms in total. The summed E-state index contributed by atoms with van der Waals surface area (Å²) in [6.45, 7) is 2.17. The Morgan fingerprint density at radius 3 is 2.30 bits per heavy atom. The second-order valence-corrected chi connectivity index (χ2v) is 9.45. The maximum absolute atomic E-state index is 14.1. The summed E-state index contributed by atoms with van der Waals surface area (Å²) in [6, 6.07) is 17.6. The number of alkyl halides is 3. The van der Waals surface area contributed by atoms with Gasteiger partial charge < -0.3 is 20.1 Å². The number of amides is 3. The van der Waals surface area contributed by atoms with Crippen molar-refractivity contribution in [3.05, 3.63) is 102 Å². The fraction of sp³-hybridized carbons (Fsp3) is 0.267. The van der Waals surface area contributed by atoms with Crippen molar-refractivity contribution in [3.63, 3.8) is 0 Å². The predicted molar refractivity (Wildman–Crippen MR) is 146 cm³/mol. The lowest BCUT2D eigenvalue weighted by atomic mass is 10.1. The normalized spacial score (nSPS) is 11.4. The first-order valence-corrected chi connectivity index (χ1v) is 12.9. The second-order valence-electron chi connectivity index (χ2n) is 9.45. The van der Waals surface area contributed by atoms with Gasteiger partial charge in [-0.15, -0.1) is 0 Å². The molecule has 4 aromatic rings. The number of hydrogen-bond acceptors (Lipinski definition) is 2. The van der Waals surface area contributed by atoms with Gasteiger partial charge >= 0.3 is 12.2 Å². The van der Waals surface area contributed by atoms with E-state index in [1.165, 1.54) is 40.1 Å². The number of fused-ring (bicyclic) bond motifs is 1. The highest BCUT2D eigenvalue weighted by molar-refractivity contribution is 5.92. The second kappa shape index (κ2) is 12.7. The minimum atomic E-state index is -4.46. The fourth-order valence-electron chi connectivity index (χ4n) is 4.45. The van der Waals surface area contributed by atoms with Crippen LogP contribution in [0.3, 0.4) is 0 Å². The van der Waals surface area contributed by atoms with Crippen LogP contribution in [0.2, 0.25) is 0 Å². The Labute approximate surface area is 229 Å². The van der Waals surface area contributed by atoms with Gasteiger partial charge in [0.25, 0.3) is 0 Å². The van der Waals surface area contributed by atoms with Gasteiger partial charge in [-0.05, 0) is 54.3 Å². The van der Waals surface area contributed by atoms with Gasteiger partial charge in [0, 0.05) is 36.7 Å². The average molecular weight is 555 g/mol. The first-order valence-electron chi connectivity index (χ1n) is 12.9. The smallest absolute Gasteiger partial charge is 0.361 e. The van der Waals surface area contributed by atoms with Crippen molar-refractivity contribution in [2.45, 2.75) is 32.5 Å². The van der Waals surface area contributed by atoms with E-state index in [4.69, 9.17) is 0 Å². The molecule has 0 aliphatic heterocycles. The average Bonchev–Trinajstić information content (AvgIpc) is 3.35. The van der Waals surface area contributed by atoms with Crippen LogP contribution in [0.1, 0.15) is 30.0 Å². The lowest BCUT2D eigenvalue weighted by Gasteiger charge is -2.28. The Kier molecular flexibility index (Phi) is 9.08. The van der Waals surface area contributed by atoms with Crippen LogP contribution in [0, 0.1) is 5.82 Å². The number of aromatic amines is 1. The van der Waals surface area contributed by atoms with Crippen LogP contribution in [0.5, 0.6) is 0 Å². The number of para-hydroxylation sites is 2. The maximum Gasteiger partial charge on any atom is 0.416 e. The zero-order valence-corrected chi connectivity index (χ0v) is 22.0. The van der Waals surface area contributed by atoms with E-state index < -0.39 is 23.6 Å². The van der Waals surface area contributed by atoms with Gasteiger partial charge in [-0.3, -0.25) is 4.79 Å². The summed E-state index contributed by atoms with van der Waals surface area (Å²) < 4.78 is 53.3. The molecule has 4 rings (SSSR count). The van der Waals surface area contributed by atoms with Crippen LogP contribution in [0.4, 0.5) is 28.0 Å². The lowest BCUT2D eigenvalue weighted by Crippen LogP contribution is -2.45. The third-order valence-electron chi connectivity index (χ3n) is 6.56. The summed E-state index contributed by atoms with van der Waals surface area (Å²) in [5, 5.41) is 3.53. The van der Waals surface area contributed by atoms with E-state index >= 15 is 0 Å². The standard InChI is InChI=1S/C30H30F4N4O2/c1-2-16-38(29(40)36-27-10-6-4-8-25(27)31)20-28(39)37(19-21-11-13-23(14-12-21)30(32,33)34)17-15-22-18-35-26-9-5-3-7-24(22)26/h3-14,18,35H,2,15-17,19-20H2,1H3,(H,36,40). The Morgan fingerprint density at radius 2 is 1.60 bits per heavy atom. The summed E-state index contributed by atoms with van der Waals surface area (Å²) in [5.74, 6) is -0.974. The van der Waals surface area contributed by atoms with E-state index in [9.17, 15) is 27.2 Å². The Bertz CT molecular complexity index is 1450. The highest BCUT2D eigenvalue weighted by Crippen LogP contribution is 2.29. The Balaban J connectivity index is 1.53. The zero-order valence-electron chi connectivity index (χ0n) is 22.0. The lowest BCUT2D eigenvalue weighted by molar-refractivity contribution is -0.137. The molecule has 3 amide bonds. The number of rotatable bonds is 10. The third kappa shape index (κ3) is 7.19. The number of nitrogens with zero attached hydrogens (tertiary/aromatic N) is 2. The number of urea groups is 1. The number of carbonyl (C=O) groups is 2. The van der Waals surface area contributed by atoms with Gasteiger partial charge in [-0.25, -0.2) is 9.18 Å². The van der Waals surface area contributed by atoms with Crippen molar-refractivity contribution < 1.29 is 27.2 Å². The van der Waals surface area contributed by atoms with Crippen molar-refractivity contribution in [1.29, 1.82) is 0 Å². The van der Waals surface area contributed by atoms with Gasteiger partial charge in [-0.2, -0.15) is 13.2 Å². The molecule has 210 valence electrons. The van der Waals surface area contributed by atoms with E-state index in [0.29, 0.717) is 18.4 Å². The molecular weight excluding hydrogens is 524 g/mol. The number of aromatic nitrogens is 1. The summed E-state index contributed by atoms with van der Waals surface area (Å²) in [4.78, 5) is 32.5. The summed E-state index contributed by atoms with van der Waals surface area (Å²) >= 11 is 0. The quantitative estimate of drug-likeness (QED) is 0.211. The van der Waals surface area contributed by atoms with Crippen molar-refractivity contribution in [2.24, 2.45) is 0 Å². The van der Waals surface area contributed by atoms with E-state index in [0.717, 1.165) is 28.6 Å². The number of H-pyrrole nitrogens is 1. The Hall–Kier alpha value is -4.34. The fourth-order valence-corrected chi connectivity index (χ4v) is 4.45. The van der Waals surface area contributed by atoms with Crippen LogP contribution < -0.4 is 5.32 Å². The minimum Gasteiger partial charge on any atom is -0.361 e. The Morgan fingerprint density at radius 1 is 0.900 bits per heavy atom. The monoisotopic (exact) mass is 554 g/mol. The first-order chi connectivity index (χ1) is 19.2. The summed E-state index contributed by atoms with van der Waals surface area (Å²) in [5.41, 5.74) is 1.70. The number of halogens is 4. The van der Waals surface area contributed by atoms with Crippen LogP contribution in [0.15, 0.2) is 79.0 Å². The van der Waals surface area contributed by atoms with Gasteiger partial charge in [0.05, 0.1) is 11.3 Å². The largest absolute Gasteiger partial charge is 0.416 e. The molecular formula is C30H30F4N4O2. The molecule has 3 aromatic carbocycles. The summed E-state index contributed by atoms with van der Waals surface area (Å²) in [7, 11) is 0. The number of hydrogen-bond donors (Lipinski definition) is 2. The number of anilines is 1. The predicted octanol–water partition coefficient (Wildman–Crippen LogP) is 6.84. The van der Waals surface area contributed by atoms with Crippen LogP contribution >= 0.6 is 0 Å². The van der Waals surface area contributed by atoms with Crippen LogP contribution in [0.25, 0.3) is 10.9 Å².